The molecule has 0 saturated heterocycles. The number of aromatic nitrogens is 2. The zero-order valence-corrected chi connectivity index (χ0v) is 12.9. The predicted octanol–water partition coefficient (Wildman–Crippen LogP) is 2.24. The quantitative estimate of drug-likeness (QED) is 0.806. The number of halogens is 2. The lowest BCUT2D eigenvalue weighted by atomic mass is 10.00. The van der Waals surface area contributed by atoms with Gasteiger partial charge < -0.3 is 15.7 Å². The van der Waals surface area contributed by atoms with Crippen LogP contribution in [0.15, 0.2) is 30.6 Å². The first-order valence-electron chi connectivity index (χ1n) is 6.49. The molecule has 3 N–H and O–H groups in total. The summed E-state index contributed by atoms with van der Waals surface area (Å²) < 4.78 is 15.1. The SMILES string of the molecule is Cn1cc([C@@](C)(O)CNC(=O)Nc2cc(Cl)ccc2F)cn1. The van der Waals surface area contributed by atoms with Crippen molar-refractivity contribution >= 4 is 23.3 Å². The van der Waals surface area contributed by atoms with E-state index in [0.717, 1.165) is 6.07 Å². The Hall–Kier alpha value is -2.12. The molecule has 6 nitrogen and oxygen atoms in total. The van der Waals surface area contributed by atoms with E-state index in [4.69, 9.17) is 11.6 Å². The monoisotopic (exact) mass is 326 g/mol. The molecule has 0 aliphatic rings. The second-order valence-electron chi connectivity index (χ2n) is 5.11. The lowest BCUT2D eigenvalue weighted by Gasteiger charge is -2.22. The summed E-state index contributed by atoms with van der Waals surface area (Å²) in [7, 11) is 1.72. The van der Waals surface area contributed by atoms with Crippen LogP contribution >= 0.6 is 11.6 Å². The van der Waals surface area contributed by atoms with Gasteiger partial charge in [0.2, 0.25) is 0 Å². The van der Waals surface area contributed by atoms with E-state index in [1.54, 1.807) is 24.9 Å². The van der Waals surface area contributed by atoms with Crippen LogP contribution in [0, 0.1) is 5.82 Å². The molecule has 0 aliphatic heterocycles. The van der Waals surface area contributed by atoms with Gasteiger partial charge in [-0.25, -0.2) is 9.18 Å². The normalized spacial score (nSPS) is 13.5. The highest BCUT2D eigenvalue weighted by molar-refractivity contribution is 6.30. The van der Waals surface area contributed by atoms with Gasteiger partial charge in [-0.05, 0) is 25.1 Å². The van der Waals surface area contributed by atoms with E-state index < -0.39 is 17.4 Å². The molecular weight excluding hydrogens is 311 g/mol. The van der Waals surface area contributed by atoms with Gasteiger partial charge in [0.25, 0.3) is 0 Å². The Morgan fingerprint density at radius 1 is 1.55 bits per heavy atom. The zero-order valence-electron chi connectivity index (χ0n) is 12.1. The zero-order chi connectivity index (χ0) is 16.3. The van der Waals surface area contributed by atoms with E-state index in [2.05, 4.69) is 15.7 Å². The number of carbonyl (C=O) groups excluding carboxylic acids is 1. The molecule has 0 bridgehead atoms. The number of hydrogen-bond donors (Lipinski definition) is 3. The highest BCUT2D eigenvalue weighted by atomic mass is 35.5. The molecule has 118 valence electrons. The molecule has 22 heavy (non-hydrogen) atoms. The highest BCUT2D eigenvalue weighted by Crippen LogP contribution is 2.20. The minimum atomic E-state index is -1.29. The standard InChI is InChI=1S/C14H16ClFN4O2/c1-14(22,9-6-18-20(2)7-9)8-17-13(21)19-12-5-10(15)3-4-11(12)16/h3-7,22H,8H2,1-2H3,(H2,17,19,21)/t14-/m0/s1. The number of hydrogen-bond acceptors (Lipinski definition) is 3. The van der Waals surface area contributed by atoms with Gasteiger partial charge in [0.1, 0.15) is 11.4 Å². The molecule has 1 aromatic heterocycles. The molecule has 2 amide bonds. The number of anilines is 1. The summed E-state index contributed by atoms with van der Waals surface area (Å²) in [6.45, 7) is 1.48. The predicted molar refractivity (Wildman–Crippen MR) is 81.2 cm³/mol. The molecule has 2 aromatic rings. The van der Waals surface area contributed by atoms with Crippen molar-refractivity contribution in [2.45, 2.75) is 12.5 Å². The van der Waals surface area contributed by atoms with Crippen molar-refractivity contribution in [1.82, 2.24) is 15.1 Å². The molecule has 8 heteroatoms. The number of carbonyl (C=O) groups is 1. The summed E-state index contributed by atoms with van der Waals surface area (Å²) in [6, 6.07) is 3.19. The number of urea groups is 1. The molecule has 0 radical (unpaired) electrons. The second-order valence-corrected chi connectivity index (χ2v) is 5.54. The Morgan fingerprint density at radius 2 is 2.27 bits per heavy atom. The van der Waals surface area contributed by atoms with Gasteiger partial charge in [0.05, 0.1) is 18.4 Å². The highest BCUT2D eigenvalue weighted by Gasteiger charge is 2.25. The molecular formula is C14H16ClFN4O2. The average molecular weight is 327 g/mol. The van der Waals surface area contributed by atoms with Crippen LogP contribution in [0.25, 0.3) is 0 Å². The minimum absolute atomic E-state index is 0.0361. The van der Waals surface area contributed by atoms with Gasteiger partial charge in [-0.2, -0.15) is 5.10 Å². The smallest absolute Gasteiger partial charge is 0.319 e. The molecule has 1 atom stereocenters. The fourth-order valence-electron chi connectivity index (χ4n) is 1.81. The summed E-state index contributed by atoms with van der Waals surface area (Å²) in [6.07, 6.45) is 3.16. The van der Waals surface area contributed by atoms with E-state index >= 15 is 0 Å². The first kappa shape index (κ1) is 16.3. The third-order valence-electron chi connectivity index (χ3n) is 3.10. The van der Waals surface area contributed by atoms with Crippen LogP contribution < -0.4 is 10.6 Å². The number of aryl methyl sites for hydroxylation is 1. The minimum Gasteiger partial charge on any atom is -0.383 e. The number of nitrogens with zero attached hydrogens (tertiary/aromatic N) is 2. The lowest BCUT2D eigenvalue weighted by Crippen LogP contribution is -2.40. The van der Waals surface area contributed by atoms with Gasteiger partial charge in [-0.15, -0.1) is 0 Å². The average Bonchev–Trinajstić information content (AvgIpc) is 2.88. The van der Waals surface area contributed by atoms with E-state index in [1.165, 1.54) is 18.3 Å². The number of benzene rings is 1. The molecule has 1 aromatic carbocycles. The van der Waals surface area contributed by atoms with Crippen LogP contribution in [0.1, 0.15) is 12.5 Å². The first-order chi connectivity index (χ1) is 10.3. The van der Waals surface area contributed by atoms with Crippen LogP contribution in [0.5, 0.6) is 0 Å². The maximum Gasteiger partial charge on any atom is 0.319 e. The Kier molecular flexibility index (Phi) is 4.68. The lowest BCUT2D eigenvalue weighted by molar-refractivity contribution is 0.0599. The summed E-state index contributed by atoms with van der Waals surface area (Å²) in [4.78, 5) is 11.8. The summed E-state index contributed by atoms with van der Waals surface area (Å²) in [5.74, 6) is -0.599. The van der Waals surface area contributed by atoms with Crippen LogP contribution in [0.3, 0.4) is 0 Å². The van der Waals surface area contributed by atoms with E-state index in [9.17, 15) is 14.3 Å². The summed E-state index contributed by atoms with van der Waals surface area (Å²) in [5.41, 5.74) is -0.770. The summed E-state index contributed by atoms with van der Waals surface area (Å²) in [5, 5.41) is 19.4. The van der Waals surface area contributed by atoms with Gasteiger partial charge >= 0.3 is 6.03 Å². The first-order valence-corrected chi connectivity index (χ1v) is 6.87. The number of aliphatic hydroxyl groups is 1. The number of rotatable bonds is 4. The Labute approximate surface area is 131 Å². The third kappa shape index (κ3) is 3.96. The third-order valence-corrected chi connectivity index (χ3v) is 3.33. The number of amides is 2. The summed E-state index contributed by atoms with van der Waals surface area (Å²) >= 11 is 5.74. The van der Waals surface area contributed by atoms with Crippen LogP contribution in [0.2, 0.25) is 5.02 Å². The van der Waals surface area contributed by atoms with Crippen LogP contribution in [-0.2, 0) is 12.6 Å². The maximum absolute atomic E-state index is 13.5. The van der Waals surface area contributed by atoms with Crippen LogP contribution in [-0.4, -0.2) is 27.5 Å². The Bertz CT molecular complexity index is 687. The fraction of sp³-hybridized carbons (Fsp3) is 0.286. The molecule has 0 aliphatic carbocycles. The molecule has 0 unspecified atom stereocenters. The van der Waals surface area contributed by atoms with Crippen molar-refractivity contribution in [3.05, 3.63) is 47.0 Å². The Balaban J connectivity index is 1.96. The van der Waals surface area contributed by atoms with Crippen LogP contribution in [0.4, 0.5) is 14.9 Å². The molecule has 0 spiro atoms. The molecule has 1 heterocycles. The van der Waals surface area contributed by atoms with Gasteiger partial charge in [0.15, 0.2) is 0 Å². The van der Waals surface area contributed by atoms with E-state index in [0.29, 0.717) is 10.6 Å². The van der Waals surface area contributed by atoms with E-state index in [-0.39, 0.29) is 12.2 Å². The van der Waals surface area contributed by atoms with Crippen molar-refractivity contribution in [3.63, 3.8) is 0 Å². The largest absolute Gasteiger partial charge is 0.383 e. The topological polar surface area (TPSA) is 79.2 Å². The van der Waals surface area contributed by atoms with Crippen molar-refractivity contribution in [2.24, 2.45) is 7.05 Å². The van der Waals surface area contributed by atoms with Crippen molar-refractivity contribution < 1.29 is 14.3 Å². The van der Waals surface area contributed by atoms with Crippen molar-refractivity contribution in [3.8, 4) is 0 Å². The maximum atomic E-state index is 13.5. The molecule has 2 rings (SSSR count). The second kappa shape index (κ2) is 6.33. The fourth-order valence-corrected chi connectivity index (χ4v) is 1.99. The molecule has 0 saturated carbocycles. The van der Waals surface area contributed by atoms with Crippen molar-refractivity contribution in [1.29, 1.82) is 0 Å². The van der Waals surface area contributed by atoms with Gasteiger partial charge in [-0.1, -0.05) is 11.6 Å². The molecule has 0 fully saturated rings. The van der Waals surface area contributed by atoms with Gasteiger partial charge in [0, 0.05) is 23.8 Å². The number of nitrogens with one attached hydrogen (secondary N) is 2. The Morgan fingerprint density at radius 3 is 2.91 bits per heavy atom. The van der Waals surface area contributed by atoms with Crippen molar-refractivity contribution in [2.75, 3.05) is 11.9 Å². The van der Waals surface area contributed by atoms with E-state index in [1.807, 2.05) is 0 Å². The van der Waals surface area contributed by atoms with Gasteiger partial charge in [-0.3, -0.25) is 4.68 Å².